The molecule has 0 aliphatic carbocycles. The molecule has 1 aromatic heterocycles. The van der Waals surface area contributed by atoms with Gasteiger partial charge in [0, 0.05) is 28.1 Å². The van der Waals surface area contributed by atoms with Crippen LogP contribution in [0.4, 0.5) is 5.13 Å². The summed E-state index contributed by atoms with van der Waals surface area (Å²) in [7, 11) is 0. The summed E-state index contributed by atoms with van der Waals surface area (Å²) in [5.41, 5.74) is 0. The quantitative estimate of drug-likeness (QED) is 0.602. The number of hydrogen-bond donors (Lipinski definition) is 2. The average Bonchev–Trinajstić information content (AvgIpc) is 2.65. The summed E-state index contributed by atoms with van der Waals surface area (Å²) in [6.07, 6.45) is 1.57. The van der Waals surface area contributed by atoms with E-state index < -0.39 is 16.8 Å². The third-order valence-electron chi connectivity index (χ3n) is 1.91. The SMILES string of the molecule is CC(C)(SN=O)[C@H](Nc1nccs1)C(=O)O. The lowest BCUT2D eigenvalue weighted by molar-refractivity contribution is -0.138. The molecular formula is C8H11N3O3S2. The smallest absolute Gasteiger partial charge is 0.327 e. The first-order chi connectivity index (χ1) is 7.47. The van der Waals surface area contributed by atoms with Gasteiger partial charge in [-0.25, -0.2) is 9.78 Å². The summed E-state index contributed by atoms with van der Waals surface area (Å²) in [6, 6.07) is -0.929. The number of hydrogen-bond acceptors (Lipinski definition) is 7. The zero-order chi connectivity index (χ0) is 12.2. The van der Waals surface area contributed by atoms with E-state index in [-0.39, 0.29) is 0 Å². The van der Waals surface area contributed by atoms with Crippen LogP contribution in [-0.2, 0) is 4.79 Å². The van der Waals surface area contributed by atoms with E-state index in [1.165, 1.54) is 11.3 Å². The van der Waals surface area contributed by atoms with Crippen molar-refractivity contribution < 1.29 is 9.90 Å². The molecule has 2 N–H and O–H groups in total. The summed E-state index contributed by atoms with van der Waals surface area (Å²) in [5.74, 6) is -1.05. The zero-order valence-electron chi connectivity index (χ0n) is 8.71. The topological polar surface area (TPSA) is 91.7 Å². The number of carbonyl (C=O) groups is 1. The van der Waals surface area contributed by atoms with Gasteiger partial charge in [0.05, 0.1) is 4.75 Å². The van der Waals surface area contributed by atoms with Crippen LogP contribution in [0.15, 0.2) is 16.2 Å². The number of carboxylic acid groups (broad SMARTS) is 1. The van der Waals surface area contributed by atoms with Gasteiger partial charge < -0.3 is 10.4 Å². The van der Waals surface area contributed by atoms with Crippen LogP contribution in [-0.4, -0.2) is 26.8 Å². The molecule has 8 heteroatoms. The molecule has 0 aliphatic heterocycles. The van der Waals surface area contributed by atoms with Gasteiger partial charge in [-0.1, -0.05) is 0 Å². The molecule has 0 aliphatic rings. The minimum Gasteiger partial charge on any atom is -0.480 e. The Hall–Kier alpha value is -1.15. The normalized spacial score (nSPS) is 13.1. The van der Waals surface area contributed by atoms with Crippen molar-refractivity contribution in [1.82, 2.24) is 4.98 Å². The van der Waals surface area contributed by atoms with Gasteiger partial charge in [-0.3, -0.25) is 0 Å². The Bertz CT molecular complexity index is 367. The first-order valence-corrected chi connectivity index (χ1v) is 6.02. The van der Waals surface area contributed by atoms with Gasteiger partial charge in [-0.15, -0.1) is 16.2 Å². The summed E-state index contributed by atoms with van der Waals surface area (Å²) in [6.45, 7) is 3.27. The highest BCUT2D eigenvalue weighted by atomic mass is 32.2. The Morgan fingerprint density at radius 3 is 2.88 bits per heavy atom. The van der Waals surface area contributed by atoms with Crippen LogP contribution in [0.2, 0.25) is 0 Å². The van der Waals surface area contributed by atoms with Gasteiger partial charge in [0.1, 0.15) is 6.04 Å². The zero-order valence-corrected chi connectivity index (χ0v) is 10.3. The standard InChI is InChI=1S/C8H11N3O3S2/c1-8(2,16-11-14)5(6(12)13)10-7-9-3-4-15-7/h3-5H,1-2H3,(H,9,10)(H,12,13)/t5-/m1/s1. The number of anilines is 1. The van der Waals surface area contributed by atoms with E-state index in [2.05, 4.69) is 14.9 Å². The molecule has 1 rings (SSSR count). The van der Waals surface area contributed by atoms with E-state index in [1.54, 1.807) is 25.4 Å². The summed E-state index contributed by atoms with van der Waals surface area (Å²) in [5, 5.41) is 14.1. The van der Waals surface area contributed by atoms with Crippen molar-refractivity contribution in [3.8, 4) is 0 Å². The Morgan fingerprint density at radius 2 is 2.44 bits per heavy atom. The molecule has 88 valence electrons. The van der Waals surface area contributed by atoms with Crippen LogP contribution >= 0.6 is 23.3 Å². The maximum atomic E-state index is 11.1. The largest absolute Gasteiger partial charge is 0.480 e. The molecule has 1 aromatic rings. The second-order valence-electron chi connectivity index (χ2n) is 3.52. The van der Waals surface area contributed by atoms with Crippen molar-refractivity contribution in [3.63, 3.8) is 0 Å². The monoisotopic (exact) mass is 261 g/mol. The molecule has 16 heavy (non-hydrogen) atoms. The number of aromatic nitrogens is 1. The van der Waals surface area contributed by atoms with E-state index in [0.29, 0.717) is 17.1 Å². The van der Waals surface area contributed by atoms with Crippen LogP contribution in [0.25, 0.3) is 0 Å². The van der Waals surface area contributed by atoms with Gasteiger partial charge in [-0.05, 0) is 13.8 Å². The van der Waals surface area contributed by atoms with Crippen molar-refractivity contribution >= 4 is 34.4 Å². The second kappa shape index (κ2) is 5.26. The molecular weight excluding hydrogens is 250 g/mol. The molecule has 1 atom stereocenters. The van der Waals surface area contributed by atoms with Gasteiger partial charge in [-0.2, -0.15) is 0 Å². The number of carboxylic acids is 1. The first kappa shape index (κ1) is 12.9. The molecule has 0 saturated carbocycles. The highest BCUT2D eigenvalue weighted by molar-refractivity contribution is 7.99. The molecule has 0 amide bonds. The van der Waals surface area contributed by atoms with Crippen molar-refractivity contribution in [3.05, 3.63) is 16.5 Å². The van der Waals surface area contributed by atoms with Crippen LogP contribution in [0.3, 0.4) is 0 Å². The lowest BCUT2D eigenvalue weighted by Crippen LogP contribution is -2.45. The van der Waals surface area contributed by atoms with Crippen LogP contribution in [0.5, 0.6) is 0 Å². The number of nitrogens with one attached hydrogen (secondary N) is 1. The third-order valence-corrected chi connectivity index (χ3v) is 3.40. The molecule has 0 spiro atoms. The molecule has 6 nitrogen and oxygen atoms in total. The molecule has 0 unspecified atom stereocenters. The number of nitroso groups, excluding NO2 is 1. The van der Waals surface area contributed by atoms with Crippen molar-refractivity contribution in [2.75, 3.05) is 5.32 Å². The summed E-state index contributed by atoms with van der Waals surface area (Å²) < 4.78 is 1.84. The lowest BCUT2D eigenvalue weighted by Gasteiger charge is -2.27. The Kier molecular flexibility index (Phi) is 4.25. The highest BCUT2D eigenvalue weighted by Gasteiger charge is 2.37. The third kappa shape index (κ3) is 3.17. The predicted octanol–water partition coefficient (Wildman–Crippen LogP) is 2.20. The maximum absolute atomic E-state index is 11.1. The minimum absolute atomic E-state index is 0.506. The highest BCUT2D eigenvalue weighted by Crippen LogP contribution is 2.31. The van der Waals surface area contributed by atoms with Crippen molar-refractivity contribution in [1.29, 1.82) is 0 Å². The number of rotatable bonds is 6. The van der Waals surface area contributed by atoms with E-state index in [1.807, 2.05) is 0 Å². The Balaban J connectivity index is 2.82. The Morgan fingerprint density at radius 1 is 1.75 bits per heavy atom. The molecule has 0 radical (unpaired) electrons. The maximum Gasteiger partial charge on any atom is 0.327 e. The predicted molar refractivity (Wildman–Crippen MR) is 64.6 cm³/mol. The number of aliphatic carboxylic acids is 1. The second-order valence-corrected chi connectivity index (χ2v) is 5.80. The van der Waals surface area contributed by atoms with Crippen LogP contribution in [0.1, 0.15) is 13.8 Å². The lowest BCUT2D eigenvalue weighted by atomic mass is 10.0. The fourth-order valence-corrected chi connectivity index (χ4v) is 2.12. The van der Waals surface area contributed by atoms with Gasteiger partial charge in [0.25, 0.3) is 0 Å². The minimum atomic E-state index is -1.05. The molecule has 0 aromatic carbocycles. The average molecular weight is 261 g/mol. The fourth-order valence-electron chi connectivity index (χ4n) is 1.10. The van der Waals surface area contributed by atoms with E-state index in [4.69, 9.17) is 5.11 Å². The van der Waals surface area contributed by atoms with Gasteiger partial charge in [0.15, 0.2) is 5.13 Å². The number of thiazole rings is 1. The number of nitrogens with zero attached hydrogens (tertiary/aromatic N) is 2. The molecule has 0 saturated heterocycles. The summed E-state index contributed by atoms with van der Waals surface area (Å²) in [4.78, 5) is 25.3. The van der Waals surface area contributed by atoms with E-state index >= 15 is 0 Å². The van der Waals surface area contributed by atoms with E-state index in [0.717, 1.165) is 0 Å². The summed E-state index contributed by atoms with van der Waals surface area (Å²) >= 11 is 1.99. The van der Waals surface area contributed by atoms with Crippen molar-refractivity contribution in [2.24, 2.45) is 4.58 Å². The fraction of sp³-hybridized carbons (Fsp3) is 0.500. The molecule has 0 fully saturated rings. The molecule has 0 bridgehead atoms. The van der Waals surface area contributed by atoms with Crippen molar-refractivity contribution in [2.45, 2.75) is 24.6 Å². The Labute approximate surface area is 101 Å². The van der Waals surface area contributed by atoms with Crippen LogP contribution in [0, 0.1) is 4.91 Å². The molecule has 1 heterocycles. The first-order valence-electron chi connectivity index (χ1n) is 4.37. The van der Waals surface area contributed by atoms with Gasteiger partial charge >= 0.3 is 5.97 Å². The van der Waals surface area contributed by atoms with E-state index in [9.17, 15) is 9.70 Å². The van der Waals surface area contributed by atoms with Crippen LogP contribution < -0.4 is 5.32 Å². The van der Waals surface area contributed by atoms with Gasteiger partial charge in [0.2, 0.25) is 0 Å².